The highest BCUT2D eigenvalue weighted by Crippen LogP contribution is 2.37. The summed E-state index contributed by atoms with van der Waals surface area (Å²) in [5.41, 5.74) is 6.34. The summed E-state index contributed by atoms with van der Waals surface area (Å²) >= 11 is 6.49. The number of nitrogens with one attached hydrogen (secondary N) is 2. The predicted octanol–water partition coefficient (Wildman–Crippen LogP) is 8.52. The summed E-state index contributed by atoms with van der Waals surface area (Å²) in [6.45, 7) is 8.48. The van der Waals surface area contributed by atoms with Gasteiger partial charge in [-0.1, -0.05) is 69.6 Å². The molecule has 226 valence electrons. The van der Waals surface area contributed by atoms with E-state index in [0.29, 0.717) is 39.7 Å². The number of imidazole rings is 1. The first-order valence-electron chi connectivity index (χ1n) is 14.5. The van der Waals surface area contributed by atoms with Crippen LogP contribution >= 0.6 is 11.6 Å². The third-order valence-corrected chi connectivity index (χ3v) is 8.03. The maximum absolute atomic E-state index is 13.5. The number of rotatable bonds is 8. The van der Waals surface area contributed by atoms with Gasteiger partial charge in [0.05, 0.1) is 36.9 Å². The van der Waals surface area contributed by atoms with Crippen molar-refractivity contribution in [3.63, 3.8) is 0 Å². The zero-order valence-corrected chi connectivity index (χ0v) is 26.5. The SMILES string of the molecule is CCC(NC(=O)c1ccc(-c2cc(Cl)ccc2-c2nc3cc(C(C)(C)C)ccc3[nH]2)c(C(=O)OC)c1)c1ccccc1OC. The number of fused-ring (bicyclic) bond motifs is 1. The molecule has 4 aromatic carbocycles. The number of para-hydroxylation sites is 1. The Labute approximate surface area is 262 Å². The first-order chi connectivity index (χ1) is 21.0. The first-order valence-corrected chi connectivity index (χ1v) is 14.9. The van der Waals surface area contributed by atoms with Gasteiger partial charge in [-0.05, 0) is 77.1 Å². The lowest BCUT2D eigenvalue weighted by Gasteiger charge is -2.20. The van der Waals surface area contributed by atoms with Crippen LogP contribution in [-0.4, -0.2) is 36.1 Å². The number of halogens is 1. The molecule has 1 atom stereocenters. The van der Waals surface area contributed by atoms with Crippen molar-refractivity contribution in [2.75, 3.05) is 14.2 Å². The Hall–Kier alpha value is -4.62. The van der Waals surface area contributed by atoms with Crippen molar-refractivity contribution in [1.82, 2.24) is 15.3 Å². The van der Waals surface area contributed by atoms with Crippen LogP contribution in [0.4, 0.5) is 0 Å². The summed E-state index contributed by atoms with van der Waals surface area (Å²) < 4.78 is 10.7. The molecular formula is C36H36ClN3O4. The number of hydrogen-bond acceptors (Lipinski definition) is 5. The van der Waals surface area contributed by atoms with Crippen LogP contribution in [0.5, 0.6) is 5.75 Å². The van der Waals surface area contributed by atoms with Gasteiger partial charge in [0.2, 0.25) is 0 Å². The number of methoxy groups -OCH3 is 2. The van der Waals surface area contributed by atoms with Crippen molar-refractivity contribution < 1.29 is 19.1 Å². The van der Waals surface area contributed by atoms with E-state index in [4.69, 9.17) is 26.1 Å². The summed E-state index contributed by atoms with van der Waals surface area (Å²) in [5.74, 6) is 0.436. The number of ether oxygens (including phenoxy) is 2. The molecule has 0 radical (unpaired) electrons. The molecule has 0 fully saturated rings. The van der Waals surface area contributed by atoms with Gasteiger partial charge in [-0.2, -0.15) is 0 Å². The smallest absolute Gasteiger partial charge is 0.338 e. The topological polar surface area (TPSA) is 93.3 Å². The van der Waals surface area contributed by atoms with Gasteiger partial charge in [-0.15, -0.1) is 0 Å². The van der Waals surface area contributed by atoms with E-state index in [1.807, 2.05) is 43.3 Å². The number of esters is 1. The molecule has 8 heteroatoms. The fraction of sp³-hybridized carbons (Fsp3) is 0.250. The van der Waals surface area contributed by atoms with Gasteiger partial charge in [-0.25, -0.2) is 9.78 Å². The number of benzene rings is 4. The number of carbonyl (C=O) groups excluding carboxylic acids is 2. The van der Waals surface area contributed by atoms with E-state index in [0.717, 1.165) is 22.2 Å². The lowest BCUT2D eigenvalue weighted by atomic mass is 9.87. The number of hydrogen-bond donors (Lipinski definition) is 2. The molecule has 1 aromatic heterocycles. The predicted molar refractivity (Wildman–Crippen MR) is 176 cm³/mol. The second-order valence-corrected chi connectivity index (χ2v) is 12.1. The zero-order chi connectivity index (χ0) is 31.6. The van der Waals surface area contributed by atoms with Crippen LogP contribution in [0.15, 0.2) is 78.9 Å². The summed E-state index contributed by atoms with van der Waals surface area (Å²) in [6, 6.07) is 24.0. The van der Waals surface area contributed by atoms with E-state index < -0.39 is 5.97 Å². The minimum Gasteiger partial charge on any atom is -0.496 e. The number of nitrogens with zero attached hydrogens (tertiary/aromatic N) is 1. The van der Waals surface area contributed by atoms with Gasteiger partial charge in [-0.3, -0.25) is 4.79 Å². The minimum atomic E-state index is -0.572. The summed E-state index contributed by atoms with van der Waals surface area (Å²) in [4.78, 5) is 35.0. The van der Waals surface area contributed by atoms with Crippen LogP contribution in [0.3, 0.4) is 0 Å². The molecular weight excluding hydrogens is 574 g/mol. The van der Waals surface area contributed by atoms with Crippen molar-refractivity contribution in [2.24, 2.45) is 0 Å². The second kappa shape index (κ2) is 12.5. The fourth-order valence-electron chi connectivity index (χ4n) is 5.34. The molecule has 0 aliphatic heterocycles. The van der Waals surface area contributed by atoms with Gasteiger partial charge in [0.25, 0.3) is 5.91 Å². The Morgan fingerprint density at radius 3 is 2.39 bits per heavy atom. The van der Waals surface area contributed by atoms with Crippen molar-refractivity contribution in [1.29, 1.82) is 0 Å². The maximum Gasteiger partial charge on any atom is 0.338 e. The van der Waals surface area contributed by atoms with Crippen molar-refractivity contribution in [3.05, 3.63) is 106 Å². The van der Waals surface area contributed by atoms with Crippen LogP contribution in [0.1, 0.15) is 72.0 Å². The molecule has 1 amide bonds. The zero-order valence-electron chi connectivity index (χ0n) is 25.7. The number of carbonyl (C=O) groups is 2. The molecule has 2 N–H and O–H groups in total. The highest BCUT2D eigenvalue weighted by molar-refractivity contribution is 6.31. The van der Waals surface area contributed by atoms with Gasteiger partial charge >= 0.3 is 5.97 Å². The average molecular weight is 610 g/mol. The largest absolute Gasteiger partial charge is 0.496 e. The quantitative estimate of drug-likeness (QED) is 0.172. The molecule has 0 aliphatic carbocycles. The maximum atomic E-state index is 13.5. The lowest BCUT2D eigenvalue weighted by molar-refractivity contribution is 0.0601. The van der Waals surface area contributed by atoms with Gasteiger partial charge in [0, 0.05) is 21.7 Å². The molecule has 0 saturated carbocycles. The normalized spacial score (nSPS) is 12.2. The van der Waals surface area contributed by atoms with E-state index in [1.54, 1.807) is 37.4 Å². The number of aromatic amines is 1. The van der Waals surface area contributed by atoms with Crippen LogP contribution in [0.2, 0.25) is 5.02 Å². The second-order valence-electron chi connectivity index (χ2n) is 11.7. The van der Waals surface area contributed by atoms with E-state index in [9.17, 15) is 9.59 Å². The van der Waals surface area contributed by atoms with E-state index in [2.05, 4.69) is 43.2 Å². The van der Waals surface area contributed by atoms with Crippen LogP contribution in [-0.2, 0) is 10.2 Å². The van der Waals surface area contributed by atoms with Gasteiger partial charge in [0.1, 0.15) is 11.6 Å². The average Bonchev–Trinajstić information content (AvgIpc) is 3.45. The summed E-state index contributed by atoms with van der Waals surface area (Å²) in [5, 5.41) is 3.58. The van der Waals surface area contributed by atoms with Crippen LogP contribution < -0.4 is 10.1 Å². The molecule has 5 aromatic rings. The van der Waals surface area contributed by atoms with Crippen molar-refractivity contribution in [3.8, 4) is 28.3 Å². The number of amides is 1. The molecule has 5 rings (SSSR count). The van der Waals surface area contributed by atoms with Gasteiger partial charge in [0.15, 0.2) is 0 Å². The molecule has 1 unspecified atom stereocenters. The number of aromatic nitrogens is 2. The third kappa shape index (κ3) is 6.19. The molecule has 0 bridgehead atoms. The Morgan fingerprint density at radius 1 is 0.932 bits per heavy atom. The molecule has 0 saturated heterocycles. The number of H-pyrrole nitrogens is 1. The standard InChI is InChI=1S/C36H36ClN3O4/c1-7-29(26-10-8-9-11-32(26)43-5)40-34(41)21-12-15-24(28(18-21)35(42)44-6)27-20-23(37)14-16-25(27)33-38-30-17-13-22(36(2,3)4)19-31(30)39-33/h8-20,29H,7H2,1-6H3,(H,38,39)(H,40,41). The Balaban J connectivity index is 1.56. The lowest BCUT2D eigenvalue weighted by Crippen LogP contribution is -2.28. The van der Waals surface area contributed by atoms with E-state index in [1.165, 1.54) is 12.7 Å². The summed E-state index contributed by atoms with van der Waals surface area (Å²) in [7, 11) is 2.92. The van der Waals surface area contributed by atoms with Crippen molar-refractivity contribution in [2.45, 2.75) is 45.6 Å². The van der Waals surface area contributed by atoms with Crippen molar-refractivity contribution >= 4 is 34.5 Å². The molecule has 1 heterocycles. The molecule has 0 spiro atoms. The molecule has 7 nitrogen and oxygen atoms in total. The third-order valence-electron chi connectivity index (χ3n) is 7.79. The van der Waals surface area contributed by atoms with E-state index in [-0.39, 0.29) is 22.9 Å². The molecule has 44 heavy (non-hydrogen) atoms. The van der Waals surface area contributed by atoms with E-state index >= 15 is 0 Å². The fourth-order valence-corrected chi connectivity index (χ4v) is 5.51. The Bertz CT molecular complexity index is 1850. The molecule has 0 aliphatic rings. The monoisotopic (exact) mass is 609 g/mol. The Kier molecular flexibility index (Phi) is 8.79. The summed E-state index contributed by atoms with van der Waals surface area (Å²) in [6.07, 6.45) is 0.647. The minimum absolute atomic E-state index is 0.0213. The highest BCUT2D eigenvalue weighted by Gasteiger charge is 2.23. The van der Waals surface area contributed by atoms with Crippen LogP contribution in [0, 0.1) is 0 Å². The van der Waals surface area contributed by atoms with Gasteiger partial charge < -0.3 is 19.8 Å². The van der Waals surface area contributed by atoms with Crippen LogP contribution in [0.25, 0.3) is 33.5 Å². The Morgan fingerprint density at radius 2 is 1.68 bits per heavy atom. The highest BCUT2D eigenvalue weighted by atomic mass is 35.5. The first kappa shape index (κ1) is 30.8.